The van der Waals surface area contributed by atoms with Gasteiger partial charge < -0.3 is 26.8 Å². The van der Waals surface area contributed by atoms with Crippen LogP contribution in [0.2, 0.25) is 0 Å². The van der Waals surface area contributed by atoms with Crippen molar-refractivity contribution in [2.45, 2.75) is 19.5 Å². The van der Waals surface area contributed by atoms with E-state index < -0.39 is 17.6 Å². The molecule has 41 heavy (non-hydrogen) atoms. The van der Waals surface area contributed by atoms with E-state index in [1.165, 1.54) is 24.5 Å². The van der Waals surface area contributed by atoms with E-state index in [-0.39, 0.29) is 40.3 Å². The molecule has 0 fully saturated rings. The zero-order chi connectivity index (χ0) is 30.3. The summed E-state index contributed by atoms with van der Waals surface area (Å²) in [5.41, 5.74) is 15.6. The molecule has 0 spiro atoms. The van der Waals surface area contributed by atoms with Gasteiger partial charge in [0, 0.05) is 37.7 Å². The van der Waals surface area contributed by atoms with E-state index in [0.717, 1.165) is 12.1 Å². The Morgan fingerprint density at radius 3 is 2.12 bits per heavy atom. The molecule has 0 saturated carbocycles. The lowest BCUT2D eigenvalue weighted by molar-refractivity contribution is -0.137. The summed E-state index contributed by atoms with van der Waals surface area (Å²) in [5.74, 6) is 0.293. The van der Waals surface area contributed by atoms with Gasteiger partial charge in [0.25, 0.3) is 5.91 Å². The molecule has 0 atom stereocenters. The number of hydrogen-bond acceptors (Lipinski definition) is 9. The minimum atomic E-state index is -4.55. The summed E-state index contributed by atoms with van der Waals surface area (Å²) >= 11 is 0. The summed E-state index contributed by atoms with van der Waals surface area (Å²) in [5, 5.41) is 0. The molecule has 2 amide bonds. The van der Waals surface area contributed by atoms with Gasteiger partial charge in [-0.25, -0.2) is 15.0 Å². The molecule has 2 aromatic carbocycles. The van der Waals surface area contributed by atoms with Crippen molar-refractivity contribution in [1.29, 1.82) is 0 Å². The molecule has 214 valence electrons. The molecule has 0 aliphatic heterocycles. The third-order valence-corrected chi connectivity index (χ3v) is 5.37. The highest BCUT2D eigenvalue weighted by molar-refractivity contribution is 5.91. The lowest BCUT2D eigenvalue weighted by Gasteiger charge is -2.15. The van der Waals surface area contributed by atoms with Gasteiger partial charge in [0.1, 0.15) is 28.8 Å². The molecule has 0 aliphatic carbocycles. The maximum absolute atomic E-state index is 13.4. The van der Waals surface area contributed by atoms with Crippen LogP contribution in [0.1, 0.15) is 29.4 Å². The van der Waals surface area contributed by atoms with Gasteiger partial charge in [0.05, 0.1) is 23.7 Å². The highest BCUT2D eigenvalue weighted by Gasteiger charge is 2.31. The number of benzene rings is 2. The zero-order valence-electron chi connectivity index (χ0n) is 22.3. The van der Waals surface area contributed by atoms with E-state index in [2.05, 4.69) is 25.7 Å². The van der Waals surface area contributed by atoms with Crippen LogP contribution in [0.15, 0.2) is 60.9 Å². The minimum Gasteiger partial charge on any atom is -0.457 e. The van der Waals surface area contributed by atoms with Crippen molar-refractivity contribution in [3.05, 3.63) is 72.2 Å². The molecule has 4 rings (SSSR count). The number of nitrogen functional groups attached to an aromatic ring is 1. The summed E-state index contributed by atoms with van der Waals surface area (Å²) in [7, 11) is 3.55. The minimum absolute atomic E-state index is 0.0337. The van der Waals surface area contributed by atoms with Gasteiger partial charge in [-0.3, -0.25) is 14.6 Å². The van der Waals surface area contributed by atoms with Crippen LogP contribution >= 0.6 is 0 Å². The first-order valence-electron chi connectivity index (χ1n) is 12.0. The average Bonchev–Trinajstić information content (AvgIpc) is 2.93. The van der Waals surface area contributed by atoms with Gasteiger partial charge in [0.15, 0.2) is 5.82 Å². The Morgan fingerprint density at radius 1 is 0.951 bits per heavy atom. The van der Waals surface area contributed by atoms with E-state index in [1.54, 1.807) is 50.2 Å². The number of carbonyl (C=O) groups excluding carboxylic acids is 2. The van der Waals surface area contributed by atoms with Crippen LogP contribution in [-0.2, 0) is 11.0 Å². The molecule has 2 heterocycles. The molecule has 0 saturated heterocycles. The SMILES string of the molecule is CCC(N)=O.CN(C)c1cnc(-c2cc(C(F)(F)F)ccc2Oc2ccc(-c3nc(N)cc(C(N)=O)n3)cc2)cn1. The lowest BCUT2D eigenvalue weighted by Crippen LogP contribution is -2.14. The molecule has 4 aromatic rings. The molecule has 2 aromatic heterocycles. The Hall–Kier alpha value is -5.27. The van der Waals surface area contributed by atoms with Crippen LogP contribution in [0, 0.1) is 0 Å². The largest absolute Gasteiger partial charge is 0.457 e. The van der Waals surface area contributed by atoms with Crippen molar-refractivity contribution in [2.75, 3.05) is 24.7 Å². The Kier molecular flexibility index (Phi) is 9.39. The molecule has 11 nitrogen and oxygen atoms in total. The number of hydrogen-bond donors (Lipinski definition) is 3. The van der Waals surface area contributed by atoms with Crippen LogP contribution in [-0.4, -0.2) is 45.8 Å². The number of aromatic nitrogens is 4. The summed E-state index contributed by atoms with van der Waals surface area (Å²) in [4.78, 5) is 39.5. The number of primary amides is 2. The molecule has 14 heteroatoms. The lowest BCUT2D eigenvalue weighted by atomic mass is 10.1. The van der Waals surface area contributed by atoms with Gasteiger partial charge in [0.2, 0.25) is 5.91 Å². The number of halogens is 3. The number of alkyl halides is 3. The Morgan fingerprint density at radius 2 is 1.61 bits per heavy atom. The number of ether oxygens (including phenoxy) is 1. The highest BCUT2D eigenvalue weighted by atomic mass is 19.4. The maximum Gasteiger partial charge on any atom is 0.416 e. The number of rotatable bonds is 7. The Labute approximate surface area is 233 Å². The molecular formula is C27H27F3N8O3. The summed E-state index contributed by atoms with van der Waals surface area (Å²) < 4.78 is 46.1. The van der Waals surface area contributed by atoms with Gasteiger partial charge >= 0.3 is 6.18 Å². The molecule has 0 bridgehead atoms. The third-order valence-electron chi connectivity index (χ3n) is 5.37. The quantitative estimate of drug-likeness (QED) is 0.297. The Bertz CT molecular complexity index is 1530. The monoisotopic (exact) mass is 568 g/mol. The van der Waals surface area contributed by atoms with Crippen molar-refractivity contribution in [3.63, 3.8) is 0 Å². The number of carbonyl (C=O) groups is 2. The topological polar surface area (TPSA) is 176 Å². The van der Waals surface area contributed by atoms with Crippen molar-refractivity contribution in [1.82, 2.24) is 19.9 Å². The second-order valence-corrected chi connectivity index (χ2v) is 8.68. The standard InChI is InChI=1S/C24H20F3N7O2.C3H7NO/c1-34(2)21-12-30-18(11-31-21)16-9-14(24(25,26)27)5-8-19(16)36-15-6-3-13(4-7-15)23-32-17(22(29)35)10-20(28)33-23;1-2-3(4)5/h3-12H,1-2H3,(H2,29,35)(H2,28,32,33);2H2,1H3,(H2,4,5). The van der Waals surface area contributed by atoms with E-state index in [1.807, 2.05) is 0 Å². The molecular weight excluding hydrogens is 541 g/mol. The highest BCUT2D eigenvalue weighted by Crippen LogP contribution is 2.38. The van der Waals surface area contributed by atoms with Crippen LogP contribution in [0.4, 0.5) is 24.8 Å². The second kappa shape index (κ2) is 12.7. The van der Waals surface area contributed by atoms with Crippen LogP contribution in [0.3, 0.4) is 0 Å². The van der Waals surface area contributed by atoms with Crippen molar-refractivity contribution in [2.24, 2.45) is 11.5 Å². The van der Waals surface area contributed by atoms with Crippen molar-refractivity contribution < 1.29 is 27.5 Å². The van der Waals surface area contributed by atoms with Crippen LogP contribution in [0.5, 0.6) is 11.5 Å². The average molecular weight is 569 g/mol. The zero-order valence-corrected chi connectivity index (χ0v) is 22.3. The van der Waals surface area contributed by atoms with E-state index in [4.69, 9.17) is 16.2 Å². The second-order valence-electron chi connectivity index (χ2n) is 8.68. The summed E-state index contributed by atoms with van der Waals surface area (Å²) in [6.07, 6.45) is -1.26. The number of amides is 2. The Balaban J connectivity index is 0.000000850. The first-order valence-corrected chi connectivity index (χ1v) is 12.0. The smallest absolute Gasteiger partial charge is 0.416 e. The fourth-order valence-electron chi connectivity index (χ4n) is 3.21. The van der Waals surface area contributed by atoms with Gasteiger partial charge in [-0.1, -0.05) is 6.92 Å². The maximum atomic E-state index is 13.4. The van der Waals surface area contributed by atoms with Crippen molar-refractivity contribution >= 4 is 23.5 Å². The fraction of sp³-hybridized carbons (Fsp3) is 0.185. The predicted molar refractivity (Wildman–Crippen MR) is 147 cm³/mol. The molecule has 6 N–H and O–H groups in total. The van der Waals surface area contributed by atoms with Crippen LogP contribution < -0.4 is 26.8 Å². The van der Waals surface area contributed by atoms with Gasteiger partial charge in [-0.2, -0.15) is 13.2 Å². The molecule has 0 aliphatic rings. The number of nitrogens with zero attached hydrogens (tertiary/aromatic N) is 5. The fourth-order valence-corrected chi connectivity index (χ4v) is 3.21. The molecule has 0 unspecified atom stereocenters. The first-order chi connectivity index (χ1) is 19.3. The first kappa shape index (κ1) is 30.3. The molecule has 0 radical (unpaired) electrons. The van der Waals surface area contributed by atoms with Crippen molar-refractivity contribution in [3.8, 4) is 34.1 Å². The number of nitrogens with two attached hydrogens (primary N) is 3. The third kappa shape index (κ3) is 8.11. The normalized spacial score (nSPS) is 10.8. The summed E-state index contributed by atoms with van der Waals surface area (Å²) in [6, 6.07) is 10.8. The van der Waals surface area contributed by atoms with E-state index in [9.17, 15) is 22.8 Å². The van der Waals surface area contributed by atoms with E-state index >= 15 is 0 Å². The van der Waals surface area contributed by atoms with Crippen LogP contribution in [0.25, 0.3) is 22.6 Å². The van der Waals surface area contributed by atoms with Gasteiger partial charge in [-0.15, -0.1) is 0 Å². The van der Waals surface area contributed by atoms with E-state index in [0.29, 0.717) is 23.6 Å². The predicted octanol–water partition coefficient (Wildman–Crippen LogP) is 4.04. The van der Waals surface area contributed by atoms with Gasteiger partial charge in [-0.05, 0) is 42.5 Å². The summed E-state index contributed by atoms with van der Waals surface area (Å²) in [6.45, 7) is 1.72. The number of anilines is 2.